The first-order valence-electron chi connectivity index (χ1n) is 9.34. The van der Waals surface area contributed by atoms with Crippen LogP contribution in [0.1, 0.15) is 39.0 Å². The average molecular weight is 427 g/mol. The van der Waals surface area contributed by atoms with Crippen molar-refractivity contribution < 1.29 is 14.3 Å². The SMILES string of the molecule is CC(CON=C1CCN(c2ncc(Br)cn2)CC1)COC1CCCCO1. The molecule has 0 aliphatic carbocycles. The summed E-state index contributed by atoms with van der Waals surface area (Å²) in [7, 11) is 0. The zero-order valence-electron chi connectivity index (χ0n) is 15.3. The van der Waals surface area contributed by atoms with Gasteiger partial charge in [-0.3, -0.25) is 0 Å². The minimum Gasteiger partial charge on any atom is -0.395 e. The minimum absolute atomic E-state index is 0.0392. The number of oxime groups is 1. The molecule has 2 fully saturated rings. The van der Waals surface area contributed by atoms with Crippen LogP contribution in [-0.2, 0) is 14.3 Å². The Kier molecular flexibility index (Phi) is 7.64. The third-order valence-electron chi connectivity index (χ3n) is 4.49. The van der Waals surface area contributed by atoms with Crippen LogP contribution in [-0.4, -0.2) is 54.9 Å². The maximum Gasteiger partial charge on any atom is 0.225 e. The van der Waals surface area contributed by atoms with Crippen molar-refractivity contribution in [2.75, 3.05) is 37.8 Å². The Morgan fingerprint density at radius 2 is 2.04 bits per heavy atom. The molecule has 3 heterocycles. The largest absolute Gasteiger partial charge is 0.395 e. The lowest BCUT2D eigenvalue weighted by Crippen LogP contribution is -2.35. The average Bonchev–Trinajstić information content (AvgIpc) is 2.68. The van der Waals surface area contributed by atoms with Gasteiger partial charge in [-0.05, 0) is 35.2 Å². The summed E-state index contributed by atoms with van der Waals surface area (Å²) in [6.45, 7) is 5.85. The lowest BCUT2D eigenvalue weighted by molar-refractivity contribution is -0.170. The molecule has 7 nitrogen and oxygen atoms in total. The summed E-state index contributed by atoms with van der Waals surface area (Å²) in [6.07, 6.45) is 8.58. The summed E-state index contributed by atoms with van der Waals surface area (Å²) in [5, 5.41) is 4.32. The zero-order chi connectivity index (χ0) is 18.2. The fraction of sp³-hybridized carbons (Fsp3) is 0.722. The fourth-order valence-corrected chi connectivity index (χ4v) is 3.15. The molecule has 0 saturated carbocycles. The van der Waals surface area contributed by atoms with E-state index in [0.717, 1.165) is 61.5 Å². The van der Waals surface area contributed by atoms with Crippen molar-refractivity contribution in [2.45, 2.75) is 45.3 Å². The highest BCUT2D eigenvalue weighted by Crippen LogP contribution is 2.17. The highest BCUT2D eigenvalue weighted by atomic mass is 79.9. The molecule has 2 atom stereocenters. The third kappa shape index (κ3) is 6.17. The van der Waals surface area contributed by atoms with E-state index in [2.05, 4.69) is 42.9 Å². The van der Waals surface area contributed by atoms with Gasteiger partial charge in [0.1, 0.15) is 6.61 Å². The normalized spacial score (nSPS) is 22.2. The highest BCUT2D eigenvalue weighted by Gasteiger charge is 2.18. The van der Waals surface area contributed by atoms with E-state index in [1.807, 2.05) is 0 Å². The fourth-order valence-electron chi connectivity index (χ4n) is 2.94. The molecule has 26 heavy (non-hydrogen) atoms. The molecule has 3 rings (SSSR count). The van der Waals surface area contributed by atoms with Gasteiger partial charge in [0.15, 0.2) is 6.29 Å². The van der Waals surface area contributed by atoms with Gasteiger partial charge < -0.3 is 19.2 Å². The van der Waals surface area contributed by atoms with Crippen molar-refractivity contribution >= 4 is 27.6 Å². The Balaban J connectivity index is 1.32. The van der Waals surface area contributed by atoms with Crippen LogP contribution in [0.5, 0.6) is 0 Å². The van der Waals surface area contributed by atoms with E-state index in [1.54, 1.807) is 12.4 Å². The second-order valence-electron chi connectivity index (χ2n) is 6.88. The van der Waals surface area contributed by atoms with Crippen molar-refractivity contribution in [3.8, 4) is 0 Å². The van der Waals surface area contributed by atoms with Gasteiger partial charge >= 0.3 is 0 Å². The van der Waals surface area contributed by atoms with E-state index in [-0.39, 0.29) is 6.29 Å². The molecule has 0 N–H and O–H groups in total. The van der Waals surface area contributed by atoms with Crippen molar-refractivity contribution in [1.29, 1.82) is 0 Å². The second kappa shape index (κ2) is 10.2. The number of rotatable bonds is 7. The number of aromatic nitrogens is 2. The van der Waals surface area contributed by atoms with Crippen LogP contribution in [0.4, 0.5) is 5.95 Å². The first kappa shape index (κ1) is 19.5. The second-order valence-corrected chi connectivity index (χ2v) is 7.79. The lowest BCUT2D eigenvalue weighted by Gasteiger charge is -2.27. The van der Waals surface area contributed by atoms with E-state index in [4.69, 9.17) is 14.3 Å². The zero-order valence-corrected chi connectivity index (χ0v) is 16.9. The van der Waals surface area contributed by atoms with E-state index in [9.17, 15) is 0 Å². The van der Waals surface area contributed by atoms with Crippen molar-refractivity contribution in [1.82, 2.24) is 9.97 Å². The van der Waals surface area contributed by atoms with Crippen molar-refractivity contribution in [3.63, 3.8) is 0 Å². The first-order chi connectivity index (χ1) is 12.7. The van der Waals surface area contributed by atoms with E-state index < -0.39 is 0 Å². The monoisotopic (exact) mass is 426 g/mol. The molecule has 0 spiro atoms. The molecular formula is C18H27BrN4O3. The summed E-state index contributed by atoms with van der Waals surface area (Å²) in [4.78, 5) is 16.4. The molecule has 2 aliphatic rings. The Morgan fingerprint density at radius 3 is 2.73 bits per heavy atom. The Morgan fingerprint density at radius 1 is 1.27 bits per heavy atom. The van der Waals surface area contributed by atoms with Gasteiger partial charge in [0.25, 0.3) is 0 Å². The minimum atomic E-state index is -0.0392. The van der Waals surface area contributed by atoms with Crippen molar-refractivity contribution in [2.24, 2.45) is 11.1 Å². The molecule has 144 valence electrons. The van der Waals surface area contributed by atoms with Crippen LogP contribution in [0.15, 0.2) is 22.0 Å². The third-order valence-corrected chi connectivity index (χ3v) is 4.90. The van der Waals surface area contributed by atoms with E-state index in [0.29, 0.717) is 19.1 Å². The van der Waals surface area contributed by atoms with Crippen LogP contribution in [0.2, 0.25) is 0 Å². The Hall–Kier alpha value is -1.25. The maximum absolute atomic E-state index is 5.78. The highest BCUT2D eigenvalue weighted by molar-refractivity contribution is 9.10. The van der Waals surface area contributed by atoms with Crippen LogP contribution in [0, 0.1) is 5.92 Å². The number of piperidine rings is 1. The molecule has 0 amide bonds. The van der Waals surface area contributed by atoms with Gasteiger partial charge in [-0.2, -0.15) is 0 Å². The van der Waals surface area contributed by atoms with Crippen molar-refractivity contribution in [3.05, 3.63) is 16.9 Å². The Bertz CT molecular complexity index is 568. The quantitative estimate of drug-likeness (QED) is 0.622. The van der Waals surface area contributed by atoms with Crippen LogP contribution >= 0.6 is 15.9 Å². The predicted molar refractivity (Wildman–Crippen MR) is 103 cm³/mol. The summed E-state index contributed by atoms with van der Waals surface area (Å²) < 4.78 is 12.2. The van der Waals surface area contributed by atoms with Crippen LogP contribution in [0.25, 0.3) is 0 Å². The molecule has 0 radical (unpaired) electrons. The summed E-state index contributed by atoms with van der Waals surface area (Å²) in [5.41, 5.74) is 1.10. The van der Waals surface area contributed by atoms with Gasteiger partial charge in [-0.1, -0.05) is 12.1 Å². The first-order valence-corrected chi connectivity index (χ1v) is 10.1. The molecular weight excluding hydrogens is 400 g/mol. The number of anilines is 1. The number of hydrogen-bond acceptors (Lipinski definition) is 7. The standard InChI is InChI=1S/C18H27BrN4O3/c1-14(12-25-17-4-2-3-9-24-17)13-26-22-16-5-7-23(8-6-16)18-20-10-15(19)11-21-18/h10-11,14,17H,2-9,12-13H2,1H3. The molecule has 8 heteroatoms. The number of ether oxygens (including phenoxy) is 2. The molecule has 1 aromatic heterocycles. The van der Waals surface area contributed by atoms with E-state index >= 15 is 0 Å². The summed E-state index contributed by atoms with van der Waals surface area (Å²) >= 11 is 3.36. The molecule has 1 aromatic rings. The number of halogens is 1. The number of hydrogen-bond donors (Lipinski definition) is 0. The Labute approximate surface area is 163 Å². The molecule has 0 aromatic carbocycles. The van der Waals surface area contributed by atoms with Gasteiger partial charge in [0, 0.05) is 50.8 Å². The van der Waals surface area contributed by atoms with Gasteiger partial charge in [0.05, 0.1) is 16.8 Å². The maximum atomic E-state index is 5.78. The van der Waals surface area contributed by atoms with Gasteiger partial charge in [0.2, 0.25) is 5.95 Å². The molecule has 2 aliphatic heterocycles. The molecule has 2 unspecified atom stereocenters. The lowest BCUT2D eigenvalue weighted by atomic mass is 10.1. The van der Waals surface area contributed by atoms with Crippen LogP contribution in [0.3, 0.4) is 0 Å². The van der Waals surface area contributed by atoms with Gasteiger partial charge in [-0.25, -0.2) is 9.97 Å². The molecule has 0 bridgehead atoms. The predicted octanol–water partition coefficient (Wildman–Crippen LogP) is 3.39. The number of nitrogens with zero attached hydrogens (tertiary/aromatic N) is 4. The summed E-state index contributed by atoms with van der Waals surface area (Å²) in [5.74, 6) is 1.06. The smallest absolute Gasteiger partial charge is 0.225 e. The summed E-state index contributed by atoms with van der Waals surface area (Å²) in [6, 6.07) is 0. The van der Waals surface area contributed by atoms with Gasteiger partial charge in [-0.15, -0.1) is 0 Å². The molecule has 2 saturated heterocycles. The topological polar surface area (TPSA) is 69.1 Å². The van der Waals surface area contributed by atoms with E-state index in [1.165, 1.54) is 6.42 Å². The van der Waals surface area contributed by atoms with Crippen LogP contribution < -0.4 is 4.90 Å².